The highest BCUT2D eigenvalue weighted by atomic mass is 35.5. The van der Waals surface area contributed by atoms with Crippen molar-refractivity contribution in [2.75, 3.05) is 6.54 Å². The van der Waals surface area contributed by atoms with E-state index in [0.717, 1.165) is 31.0 Å². The van der Waals surface area contributed by atoms with Gasteiger partial charge in [-0.3, -0.25) is 0 Å². The summed E-state index contributed by atoms with van der Waals surface area (Å²) in [7, 11) is 0. The van der Waals surface area contributed by atoms with E-state index in [1.165, 1.54) is 12.1 Å². The van der Waals surface area contributed by atoms with Crippen molar-refractivity contribution in [2.24, 2.45) is 0 Å². The van der Waals surface area contributed by atoms with Crippen molar-refractivity contribution in [2.45, 2.75) is 25.1 Å². The molecular weight excluding hydrogens is 311 g/mol. The van der Waals surface area contributed by atoms with Gasteiger partial charge in [0.15, 0.2) is 0 Å². The smallest absolute Gasteiger partial charge is 0.310 e. The monoisotopic (exact) mass is 327 g/mol. The summed E-state index contributed by atoms with van der Waals surface area (Å²) in [4.78, 5) is 0. The normalized spacial score (nSPS) is 18.0. The molecule has 0 bridgehead atoms. The first-order chi connectivity index (χ1) is 10.1. The summed E-state index contributed by atoms with van der Waals surface area (Å²) in [6.07, 6.45) is -2.11. The zero-order valence-corrected chi connectivity index (χ0v) is 12.7. The van der Waals surface area contributed by atoms with Crippen LogP contribution in [0.15, 0.2) is 48.5 Å². The maximum Gasteiger partial charge on any atom is 0.417 e. The molecule has 0 aliphatic carbocycles. The Balaban J connectivity index is 0.00000176. The molecule has 22 heavy (non-hydrogen) atoms. The van der Waals surface area contributed by atoms with Gasteiger partial charge in [-0.2, -0.15) is 13.2 Å². The second kappa shape index (κ2) is 6.71. The number of halogens is 4. The van der Waals surface area contributed by atoms with Gasteiger partial charge in [0.1, 0.15) is 0 Å². The van der Waals surface area contributed by atoms with Gasteiger partial charge in [-0.1, -0.05) is 42.5 Å². The summed E-state index contributed by atoms with van der Waals surface area (Å²) < 4.78 is 39.1. The zero-order chi connectivity index (χ0) is 14.9. The molecule has 1 aliphatic heterocycles. The van der Waals surface area contributed by atoms with E-state index in [1.54, 1.807) is 18.2 Å². The van der Waals surface area contributed by atoms with Crippen molar-refractivity contribution in [3.63, 3.8) is 0 Å². The van der Waals surface area contributed by atoms with Gasteiger partial charge < -0.3 is 5.32 Å². The molecule has 1 aliphatic rings. The minimum atomic E-state index is -4.33. The standard InChI is InChI=1S/C17H16F3N.ClH/c18-17(19,20)15-5-2-1-4-14(15)12-7-9-13(10-8-12)16-6-3-11-21-16;/h1-2,4-5,7-10,16,21H,3,6,11H2;1H. The third kappa shape index (κ3) is 3.45. The van der Waals surface area contributed by atoms with Crippen LogP contribution >= 0.6 is 12.4 Å². The summed E-state index contributed by atoms with van der Waals surface area (Å²) >= 11 is 0. The number of hydrogen-bond acceptors (Lipinski definition) is 1. The molecule has 3 rings (SSSR count). The first-order valence-electron chi connectivity index (χ1n) is 7.05. The fraction of sp³-hybridized carbons (Fsp3) is 0.294. The molecular formula is C17H17ClF3N. The molecule has 0 saturated carbocycles. The average Bonchev–Trinajstić information content (AvgIpc) is 3.01. The highest BCUT2D eigenvalue weighted by molar-refractivity contribution is 5.85. The molecule has 2 aromatic rings. The van der Waals surface area contributed by atoms with Gasteiger partial charge in [0, 0.05) is 6.04 Å². The van der Waals surface area contributed by atoms with Gasteiger partial charge in [-0.05, 0) is 42.1 Å². The molecule has 2 aromatic carbocycles. The van der Waals surface area contributed by atoms with Crippen LogP contribution < -0.4 is 5.32 Å². The van der Waals surface area contributed by atoms with Gasteiger partial charge >= 0.3 is 6.18 Å². The Morgan fingerprint density at radius 1 is 0.955 bits per heavy atom. The maximum atomic E-state index is 13.0. The van der Waals surface area contributed by atoms with Gasteiger partial charge in [0.25, 0.3) is 0 Å². The highest BCUT2D eigenvalue weighted by Crippen LogP contribution is 2.37. The van der Waals surface area contributed by atoms with E-state index in [1.807, 2.05) is 12.1 Å². The molecule has 1 saturated heterocycles. The SMILES string of the molecule is Cl.FC(F)(F)c1ccccc1-c1ccc(C2CCCN2)cc1. The van der Waals surface area contributed by atoms with E-state index >= 15 is 0 Å². The summed E-state index contributed by atoms with van der Waals surface area (Å²) in [6, 6.07) is 13.4. The molecule has 1 nitrogen and oxygen atoms in total. The summed E-state index contributed by atoms with van der Waals surface area (Å²) in [5, 5.41) is 3.39. The van der Waals surface area contributed by atoms with Crippen LogP contribution in [0, 0.1) is 0 Å². The predicted octanol–water partition coefficient (Wildman–Crippen LogP) is 5.22. The van der Waals surface area contributed by atoms with Crippen molar-refractivity contribution in [3.05, 3.63) is 59.7 Å². The first kappa shape index (κ1) is 16.8. The van der Waals surface area contributed by atoms with E-state index in [9.17, 15) is 13.2 Å². The molecule has 0 radical (unpaired) electrons. The molecule has 1 unspecified atom stereocenters. The Hall–Kier alpha value is -1.52. The van der Waals surface area contributed by atoms with E-state index in [2.05, 4.69) is 5.32 Å². The van der Waals surface area contributed by atoms with Crippen LogP contribution in [-0.2, 0) is 6.18 Å². The van der Waals surface area contributed by atoms with Crippen LogP contribution in [-0.4, -0.2) is 6.54 Å². The lowest BCUT2D eigenvalue weighted by molar-refractivity contribution is -0.137. The molecule has 0 aromatic heterocycles. The largest absolute Gasteiger partial charge is 0.417 e. The second-order valence-corrected chi connectivity index (χ2v) is 5.31. The topological polar surface area (TPSA) is 12.0 Å². The second-order valence-electron chi connectivity index (χ2n) is 5.31. The Kier molecular flexibility index (Phi) is 5.14. The van der Waals surface area contributed by atoms with Crippen LogP contribution in [0.5, 0.6) is 0 Å². The number of nitrogens with one attached hydrogen (secondary N) is 1. The van der Waals surface area contributed by atoms with E-state index in [-0.39, 0.29) is 18.0 Å². The molecule has 0 amide bonds. The lowest BCUT2D eigenvalue weighted by atomic mass is 9.96. The van der Waals surface area contributed by atoms with Gasteiger partial charge in [0.2, 0.25) is 0 Å². The predicted molar refractivity (Wildman–Crippen MR) is 84.1 cm³/mol. The number of alkyl halides is 3. The van der Waals surface area contributed by atoms with Crippen molar-refractivity contribution in [1.29, 1.82) is 0 Å². The van der Waals surface area contributed by atoms with E-state index < -0.39 is 11.7 Å². The van der Waals surface area contributed by atoms with Crippen LogP contribution in [0.25, 0.3) is 11.1 Å². The maximum absolute atomic E-state index is 13.0. The lowest BCUT2D eigenvalue weighted by Gasteiger charge is -2.14. The Bertz CT molecular complexity index is 617. The van der Waals surface area contributed by atoms with Crippen molar-refractivity contribution >= 4 is 12.4 Å². The summed E-state index contributed by atoms with van der Waals surface area (Å²) in [6.45, 7) is 1.00. The summed E-state index contributed by atoms with van der Waals surface area (Å²) in [5.41, 5.74) is 1.39. The van der Waals surface area contributed by atoms with Crippen molar-refractivity contribution in [1.82, 2.24) is 5.32 Å². The van der Waals surface area contributed by atoms with Crippen LogP contribution in [0.3, 0.4) is 0 Å². The minimum absolute atomic E-state index is 0. The third-order valence-corrected chi connectivity index (χ3v) is 3.92. The van der Waals surface area contributed by atoms with Gasteiger partial charge in [-0.25, -0.2) is 0 Å². The fourth-order valence-corrected chi connectivity index (χ4v) is 2.85. The van der Waals surface area contributed by atoms with Crippen LogP contribution in [0.4, 0.5) is 13.2 Å². The fourth-order valence-electron chi connectivity index (χ4n) is 2.85. The molecule has 1 heterocycles. The van der Waals surface area contributed by atoms with Gasteiger partial charge in [-0.15, -0.1) is 12.4 Å². The lowest BCUT2D eigenvalue weighted by Crippen LogP contribution is -2.12. The third-order valence-electron chi connectivity index (χ3n) is 3.92. The highest BCUT2D eigenvalue weighted by Gasteiger charge is 2.33. The molecule has 1 atom stereocenters. The number of hydrogen-bond donors (Lipinski definition) is 1. The molecule has 0 spiro atoms. The first-order valence-corrected chi connectivity index (χ1v) is 7.05. The Morgan fingerprint density at radius 2 is 1.64 bits per heavy atom. The Labute approximate surface area is 134 Å². The zero-order valence-electron chi connectivity index (χ0n) is 11.9. The average molecular weight is 328 g/mol. The molecule has 118 valence electrons. The molecule has 5 heteroatoms. The van der Waals surface area contributed by atoms with Crippen molar-refractivity contribution in [3.8, 4) is 11.1 Å². The van der Waals surface area contributed by atoms with Gasteiger partial charge in [0.05, 0.1) is 5.56 Å². The van der Waals surface area contributed by atoms with Crippen molar-refractivity contribution < 1.29 is 13.2 Å². The van der Waals surface area contributed by atoms with E-state index in [4.69, 9.17) is 0 Å². The van der Waals surface area contributed by atoms with E-state index in [0.29, 0.717) is 11.6 Å². The molecule has 1 fully saturated rings. The number of rotatable bonds is 2. The quantitative estimate of drug-likeness (QED) is 0.797. The Morgan fingerprint density at radius 3 is 2.23 bits per heavy atom. The summed E-state index contributed by atoms with van der Waals surface area (Å²) in [5.74, 6) is 0. The van der Waals surface area contributed by atoms with Crippen LogP contribution in [0.2, 0.25) is 0 Å². The minimum Gasteiger partial charge on any atom is -0.310 e. The molecule has 1 N–H and O–H groups in total. The van der Waals surface area contributed by atoms with Crippen LogP contribution in [0.1, 0.15) is 30.0 Å². The number of benzene rings is 2.